The van der Waals surface area contributed by atoms with E-state index in [0.717, 1.165) is 0 Å². The van der Waals surface area contributed by atoms with Crippen molar-refractivity contribution in [2.24, 2.45) is 0 Å². The van der Waals surface area contributed by atoms with E-state index >= 15 is 0 Å². The SMILES string of the molecule is C=CCNC(=O)COC(=O)c1cc(Br)ccc1O. The molecule has 0 saturated heterocycles. The maximum absolute atomic E-state index is 11.6. The molecular weight excluding hydrogens is 302 g/mol. The molecule has 0 aliphatic carbocycles. The van der Waals surface area contributed by atoms with Gasteiger partial charge in [0.1, 0.15) is 11.3 Å². The number of carbonyl (C=O) groups is 2. The Balaban J connectivity index is 2.57. The van der Waals surface area contributed by atoms with Crippen molar-refractivity contribution in [3.05, 3.63) is 40.9 Å². The molecule has 0 aliphatic heterocycles. The molecule has 0 heterocycles. The van der Waals surface area contributed by atoms with Gasteiger partial charge < -0.3 is 15.2 Å². The summed E-state index contributed by atoms with van der Waals surface area (Å²) in [5.41, 5.74) is 0.000829. The first kappa shape index (κ1) is 14.2. The molecule has 2 N–H and O–H groups in total. The molecule has 0 fully saturated rings. The minimum atomic E-state index is -0.762. The third-order valence-electron chi connectivity index (χ3n) is 1.96. The van der Waals surface area contributed by atoms with Gasteiger partial charge >= 0.3 is 5.97 Å². The van der Waals surface area contributed by atoms with Crippen LogP contribution in [0.25, 0.3) is 0 Å². The second-order valence-electron chi connectivity index (χ2n) is 3.33. The molecule has 6 heteroatoms. The molecule has 0 aromatic heterocycles. The molecule has 18 heavy (non-hydrogen) atoms. The molecule has 0 aliphatic rings. The number of benzene rings is 1. The third-order valence-corrected chi connectivity index (χ3v) is 2.45. The molecule has 0 saturated carbocycles. The van der Waals surface area contributed by atoms with Crippen LogP contribution in [0.1, 0.15) is 10.4 Å². The first-order valence-electron chi connectivity index (χ1n) is 5.08. The Bertz CT molecular complexity index is 473. The highest BCUT2D eigenvalue weighted by molar-refractivity contribution is 9.10. The summed E-state index contributed by atoms with van der Waals surface area (Å²) in [6.07, 6.45) is 1.51. The average molecular weight is 314 g/mol. The molecule has 96 valence electrons. The summed E-state index contributed by atoms with van der Waals surface area (Å²) >= 11 is 3.17. The van der Waals surface area contributed by atoms with Gasteiger partial charge in [-0.2, -0.15) is 0 Å². The molecular formula is C12H12BrNO4. The number of carbonyl (C=O) groups excluding carboxylic acids is 2. The number of ether oxygens (including phenoxy) is 1. The summed E-state index contributed by atoms with van der Waals surface area (Å²) in [6.45, 7) is 3.34. The normalized spacial score (nSPS) is 9.61. The smallest absolute Gasteiger partial charge is 0.342 e. The lowest BCUT2D eigenvalue weighted by atomic mass is 10.2. The van der Waals surface area contributed by atoms with E-state index in [-0.39, 0.29) is 11.3 Å². The van der Waals surface area contributed by atoms with Gasteiger partial charge in [-0.05, 0) is 18.2 Å². The first-order valence-corrected chi connectivity index (χ1v) is 5.87. The van der Waals surface area contributed by atoms with E-state index in [9.17, 15) is 14.7 Å². The van der Waals surface area contributed by atoms with E-state index < -0.39 is 18.5 Å². The molecule has 1 amide bonds. The number of phenolic OH excluding ortho intramolecular Hbond substituents is 1. The summed E-state index contributed by atoms with van der Waals surface area (Å²) in [4.78, 5) is 22.8. The van der Waals surface area contributed by atoms with E-state index in [0.29, 0.717) is 11.0 Å². The molecule has 0 unspecified atom stereocenters. The van der Waals surface area contributed by atoms with Crippen LogP contribution in [0.15, 0.2) is 35.3 Å². The van der Waals surface area contributed by atoms with Crippen LogP contribution in [0.3, 0.4) is 0 Å². The van der Waals surface area contributed by atoms with Gasteiger partial charge in [-0.1, -0.05) is 22.0 Å². The third kappa shape index (κ3) is 4.21. The van der Waals surface area contributed by atoms with Gasteiger partial charge in [0.05, 0.1) is 0 Å². The number of halogens is 1. The minimum Gasteiger partial charge on any atom is -0.507 e. The second-order valence-corrected chi connectivity index (χ2v) is 4.25. The highest BCUT2D eigenvalue weighted by atomic mass is 79.9. The second kappa shape index (κ2) is 6.80. The van der Waals surface area contributed by atoms with Crippen molar-refractivity contribution < 1.29 is 19.4 Å². The Morgan fingerprint density at radius 2 is 2.22 bits per heavy atom. The van der Waals surface area contributed by atoms with E-state index in [1.165, 1.54) is 18.2 Å². The fraction of sp³-hybridized carbons (Fsp3) is 0.167. The zero-order valence-corrected chi connectivity index (χ0v) is 11.1. The first-order chi connectivity index (χ1) is 8.54. The minimum absolute atomic E-state index is 0.000829. The van der Waals surface area contributed by atoms with Crippen LogP contribution in [-0.4, -0.2) is 30.1 Å². The number of amides is 1. The molecule has 0 bridgehead atoms. The molecule has 0 spiro atoms. The lowest BCUT2D eigenvalue weighted by Crippen LogP contribution is -2.28. The quantitative estimate of drug-likeness (QED) is 0.639. The van der Waals surface area contributed by atoms with Crippen LogP contribution in [0.4, 0.5) is 0 Å². The monoisotopic (exact) mass is 313 g/mol. The fourth-order valence-corrected chi connectivity index (χ4v) is 1.48. The number of hydrogen-bond donors (Lipinski definition) is 2. The molecule has 0 radical (unpaired) electrons. The van der Waals surface area contributed by atoms with Crippen molar-refractivity contribution in [1.82, 2.24) is 5.32 Å². The zero-order valence-electron chi connectivity index (χ0n) is 9.48. The number of phenols is 1. The Kier molecular flexibility index (Phi) is 5.38. The van der Waals surface area contributed by atoms with Gasteiger partial charge in [-0.3, -0.25) is 4.79 Å². The van der Waals surface area contributed by atoms with Crippen molar-refractivity contribution in [2.75, 3.05) is 13.2 Å². The van der Waals surface area contributed by atoms with Gasteiger partial charge in [-0.15, -0.1) is 6.58 Å². The van der Waals surface area contributed by atoms with E-state index in [2.05, 4.69) is 27.8 Å². The van der Waals surface area contributed by atoms with E-state index in [1.54, 1.807) is 6.07 Å². The molecule has 1 aromatic rings. The number of aromatic hydroxyl groups is 1. The topological polar surface area (TPSA) is 75.6 Å². The van der Waals surface area contributed by atoms with Crippen LogP contribution < -0.4 is 5.32 Å². The summed E-state index contributed by atoms with van der Waals surface area (Å²) < 4.78 is 5.38. The highest BCUT2D eigenvalue weighted by Crippen LogP contribution is 2.22. The van der Waals surface area contributed by atoms with Crippen LogP contribution in [0, 0.1) is 0 Å². The van der Waals surface area contributed by atoms with Crippen molar-refractivity contribution in [2.45, 2.75) is 0 Å². The maximum Gasteiger partial charge on any atom is 0.342 e. The van der Waals surface area contributed by atoms with Gasteiger partial charge in [0, 0.05) is 11.0 Å². The Hall–Kier alpha value is -1.82. The molecule has 1 rings (SSSR count). The standard InChI is InChI=1S/C12H12BrNO4/c1-2-5-14-11(16)7-18-12(17)9-6-8(13)3-4-10(9)15/h2-4,6,15H,1,5,7H2,(H,14,16). The Morgan fingerprint density at radius 1 is 1.50 bits per heavy atom. The van der Waals surface area contributed by atoms with Crippen LogP contribution >= 0.6 is 15.9 Å². The van der Waals surface area contributed by atoms with Crippen molar-refractivity contribution in [3.63, 3.8) is 0 Å². The molecule has 5 nitrogen and oxygen atoms in total. The van der Waals surface area contributed by atoms with Gasteiger partial charge in [0.15, 0.2) is 6.61 Å². The lowest BCUT2D eigenvalue weighted by molar-refractivity contribution is -0.124. The lowest BCUT2D eigenvalue weighted by Gasteiger charge is -2.06. The highest BCUT2D eigenvalue weighted by Gasteiger charge is 2.14. The summed E-state index contributed by atoms with van der Waals surface area (Å²) in [6, 6.07) is 4.36. The number of esters is 1. The predicted octanol–water partition coefficient (Wildman–Crippen LogP) is 1.61. The zero-order chi connectivity index (χ0) is 13.5. The number of nitrogens with one attached hydrogen (secondary N) is 1. The van der Waals surface area contributed by atoms with E-state index in [4.69, 9.17) is 4.74 Å². The van der Waals surface area contributed by atoms with Gasteiger partial charge in [0.25, 0.3) is 5.91 Å². The predicted molar refractivity (Wildman–Crippen MR) is 69.3 cm³/mol. The molecule has 1 aromatic carbocycles. The number of hydrogen-bond acceptors (Lipinski definition) is 4. The summed E-state index contributed by atoms with van der Waals surface area (Å²) in [7, 11) is 0. The van der Waals surface area contributed by atoms with Crippen molar-refractivity contribution in [3.8, 4) is 5.75 Å². The number of rotatable bonds is 5. The van der Waals surface area contributed by atoms with Gasteiger partial charge in [0.2, 0.25) is 0 Å². The Morgan fingerprint density at radius 3 is 2.89 bits per heavy atom. The summed E-state index contributed by atoms with van der Waals surface area (Å²) in [5, 5.41) is 11.9. The fourth-order valence-electron chi connectivity index (χ4n) is 1.12. The van der Waals surface area contributed by atoms with E-state index in [1.807, 2.05) is 0 Å². The maximum atomic E-state index is 11.6. The summed E-state index contributed by atoms with van der Waals surface area (Å²) in [5.74, 6) is -1.39. The van der Waals surface area contributed by atoms with Crippen LogP contribution in [-0.2, 0) is 9.53 Å². The van der Waals surface area contributed by atoms with Crippen LogP contribution in [0.2, 0.25) is 0 Å². The van der Waals surface area contributed by atoms with Crippen LogP contribution in [0.5, 0.6) is 5.75 Å². The largest absolute Gasteiger partial charge is 0.507 e. The van der Waals surface area contributed by atoms with Gasteiger partial charge in [-0.25, -0.2) is 4.79 Å². The Labute approximate surface area is 113 Å². The van der Waals surface area contributed by atoms with Crippen molar-refractivity contribution >= 4 is 27.8 Å². The van der Waals surface area contributed by atoms with Crippen molar-refractivity contribution in [1.29, 1.82) is 0 Å². The molecule has 0 atom stereocenters. The average Bonchev–Trinajstić information content (AvgIpc) is 2.36.